The van der Waals surface area contributed by atoms with Gasteiger partial charge < -0.3 is 4.90 Å². The third-order valence-corrected chi connectivity index (χ3v) is 3.41. The van der Waals surface area contributed by atoms with Gasteiger partial charge >= 0.3 is 0 Å². The summed E-state index contributed by atoms with van der Waals surface area (Å²) >= 11 is 0. The molecule has 19 heavy (non-hydrogen) atoms. The maximum Gasteiger partial charge on any atom is 0.160 e. The molecule has 0 aromatic heterocycles. The number of hydrogen-bond acceptors (Lipinski definition) is 2. The van der Waals surface area contributed by atoms with Crippen molar-refractivity contribution in [3.63, 3.8) is 0 Å². The molecule has 1 aliphatic heterocycles. The summed E-state index contributed by atoms with van der Waals surface area (Å²) in [6.07, 6.45) is 1.55. The number of halogens is 2. The molecule has 0 aliphatic carbocycles. The van der Waals surface area contributed by atoms with Gasteiger partial charge in [0.15, 0.2) is 11.6 Å². The van der Waals surface area contributed by atoms with Crippen LogP contribution < -0.4 is 4.90 Å². The average molecular weight is 259 g/mol. The zero-order valence-electron chi connectivity index (χ0n) is 10.1. The molecule has 0 N–H and O–H groups in total. The summed E-state index contributed by atoms with van der Waals surface area (Å²) in [7, 11) is 0. The first-order valence-electron chi connectivity index (χ1n) is 6.00. The van der Waals surface area contributed by atoms with Crippen molar-refractivity contribution in [3.8, 4) is 0 Å². The molecule has 2 aromatic rings. The number of carbonyl (C=O) groups is 1. The van der Waals surface area contributed by atoms with Crippen molar-refractivity contribution in [2.75, 3.05) is 11.4 Å². The second-order valence-electron chi connectivity index (χ2n) is 4.46. The van der Waals surface area contributed by atoms with Crippen molar-refractivity contribution < 1.29 is 13.6 Å². The minimum Gasteiger partial charge on any atom is -0.341 e. The molecule has 4 heteroatoms. The van der Waals surface area contributed by atoms with Crippen LogP contribution in [-0.4, -0.2) is 12.8 Å². The fourth-order valence-electron chi connectivity index (χ4n) is 2.49. The van der Waals surface area contributed by atoms with E-state index in [4.69, 9.17) is 0 Å². The third-order valence-electron chi connectivity index (χ3n) is 3.41. The highest BCUT2D eigenvalue weighted by Gasteiger charge is 2.23. The number of nitrogens with zero attached hydrogens (tertiary/aromatic N) is 1. The van der Waals surface area contributed by atoms with Crippen molar-refractivity contribution in [2.24, 2.45) is 0 Å². The fourth-order valence-corrected chi connectivity index (χ4v) is 2.49. The zero-order valence-corrected chi connectivity index (χ0v) is 10.1. The smallest absolute Gasteiger partial charge is 0.160 e. The summed E-state index contributed by atoms with van der Waals surface area (Å²) in [5.74, 6) is -1.72. The molecule has 0 amide bonds. The number of benzene rings is 2. The lowest BCUT2D eigenvalue weighted by Gasteiger charge is -2.19. The summed E-state index contributed by atoms with van der Waals surface area (Å²) in [5.41, 5.74) is 3.10. The lowest BCUT2D eigenvalue weighted by molar-refractivity contribution is 0.112. The van der Waals surface area contributed by atoms with Crippen LogP contribution in [0.1, 0.15) is 15.9 Å². The molecule has 0 atom stereocenters. The molecular formula is C15H11F2NO. The first-order chi connectivity index (χ1) is 9.20. The highest BCUT2D eigenvalue weighted by atomic mass is 19.2. The van der Waals surface area contributed by atoms with Gasteiger partial charge in [0.25, 0.3) is 0 Å². The molecule has 2 aromatic carbocycles. The van der Waals surface area contributed by atoms with Crippen LogP contribution >= 0.6 is 0 Å². The lowest BCUT2D eigenvalue weighted by Crippen LogP contribution is -2.13. The Kier molecular flexibility index (Phi) is 2.78. The van der Waals surface area contributed by atoms with Crippen LogP contribution in [0.5, 0.6) is 0 Å². The Morgan fingerprint density at radius 3 is 2.68 bits per heavy atom. The number of aldehydes is 1. The first-order valence-corrected chi connectivity index (χ1v) is 6.00. The van der Waals surface area contributed by atoms with E-state index >= 15 is 0 Å². The van der Waals surface area contributed by atoms with Crippen LogP contribution in [0.15, 0.2) is 36.4 Å². The number of carbonyl (C=O) groups excluding carboxylic acids is 1. The SMILES string of the molecule is O=Cc1cccc2c1CCN2c1ccc(F)c(F)c1. The van der Waals surface area contributed by atoms with Crippen LogP contribution in [0.4, 0.5) is 20.2 Å². The topological polar surface area (TPSA) is 20.3 Å². The maximum absolute atomic E-state index is 13.3. The Morgan fingerprint density at radius 1 is 1.11 bits per heavy atom. The molecule has 3 rings (SSSR count). The van der Waals surface area contributed by atoms with Crippen molar-refractivity contribution >= 4 is 17.7 Å². The van der Waals surface area contributed by atoms with Crippen LogP contribution in [0.25, 0.3) is 0 Å². The van der Waals surface area contributed by atoms with E-state index < -0.39 is 11.6 Å². The van der Waals surface area contributed by atoms with E-state index in [-0.39, 0.29) is 0 Å². The summed E-state index contributed by atoms with van der Waals surface area (Å²) in [4.78, 5) is 12.9. The zero-order chi connectivity index (χ0) is 13.4. The van der Waals surface area contributed by atoms with Crippen LogP contribution in [0.2, 0.25) is 0 Å². The normalized spacial score (nSPS) is 13.5. The predicted molar refractivity (Wildman–Crippen MR) is 68.9 cm³/mol. The number of fused-ring (bicyclic) bond motifs is 1. The molecule has 0 saturated carbocycles. The molecule has 0 unspecified atom stereocenters. The van der Waals surface area contributed by atoms with Crippen molar-refractivity contribution in [1.29, 1.82) is 0 Å². The Morgan fingerprint density at radius 2 is 1.95 bits per heavy atom. The molecule has 96 valence electrons. The summed E-state index contributed by atoms with van der Waals surface area (Å²) in [6.45, 7) is 0.658. The molecule has 0 saturated heterocycles. The maximum atomic E-state index is 13.3. The van der Waals surface area contributed by atoms with Gasteiger partial charge in [-0.1, -0.05) is 12.1 Å². The van der Waals surface area contributed by atoms with Gasteiger partial charge in [0.1, 0.15) is 6.29 Å². The van der Waals surface area contributed by atoms with Gasteiger partial charge in [0.2, 0.25) is 0 Å². The van der Waals surface area contributed by atoms with Gasteiger partial charge in [0, 0.05) is 29.5 Å². The molecule has 0 radical (unpaired) electrons. The van der Waals surface area contributed by atoms with Gasteiger partial charge in [-0.05, 0) is 30.2 Å². The summed E-state index contributed by atoms with van der Waals surface area (Å²) < 4.78 is 26.3. The predicted octanol–water partition coefficient (Wildman–Crippen LogP) is 3.47. The van der Waals surface area contributed by atoms with Crippen molar-refractivity contribution in [3.05, 3.63) is 59.2 Å². The van der Waals surface area contributed by atoms with E-state index in [1.54, 1.807) is 18.2 Å². The van der Waals surface area contributed by atoms with E-state index in [0.717, 1.165) is 30.0 Å². The van der Waals surface area contributed by atoms with E-state index in [0.29, 0.717) is 17.8 Å². The second-order valence-corrected chi connectivity index (χ2v) is 4.46. The molecular weight excluding hydrogens is 248 g/mol. The van der Waals surface area contributed by atoms with E-state index in [9.17, 15) is 13.6 Å². The van der Waals surface area contributed by atoms with E-state index in [1.165, 1.54) is 6.07 Å². The van der Waals surface area contributed by atoms with Crippen LogP contribution in [-0.2, 0) is 6.42 Å². The molecule has 1 aliphatic rings. The van der Waals surface area contributed by atoms with Crippen molar-refractivity contribution in [2.45, 2.75) is 6.42 Å². The monoisotopic (exact) mass is 259 g/mol. The van der Waals surface area contributed by atoms with Gasteiger partial charge in [-0.2, -0.15) is 0 Å². The molecule has 0 spiro atoms. The first kappa shape index (κ1) is 11.8. The molecule has 0 bridgehead atoms. The van der Waals surface area contributed by atoms with Gasteiger partial charge in [0.05, 0.1) is 0 Å². The highest BCUT2D eigenvalue weighted by Crippen LogP contribution is 2.36. The van der Waals surface area contributed by atoms with Gasteiger partial charge in [-0.25, -0.2) is 8.78 Å². The third kappa shape index (κ3) is 1.89. The minimum atomic E-state index is -0.863. The van der Waals surface area contributed by atoms with Gasteiger partial charge in [-0.3, -0.25) is 4.79 Å². The van der Waals surface area contributed by atoms with Crippen LogP contribution in [0.3, 0.4) is 0 Å². The highest BCUT2D eigenvalue weighted by molar-refractivity contribution is 5.84. The lowest BCUT2D eigenvalue weighted by atomic mass is 10.1. The minimum absolute atomic E-state index is 0.598. The number of rotatable bonds is 2. The Bertz CT molecular complexity index is 655. The standard InChI is InChI=1S/C15H11F2NO/c16-13-5-4-11(8-14(13)17)18-7-6-12-10(9-19)2-1-3-15(12)18/h1-5,8-9H,6-7H2. The largest absolute Gasteiger partial charge is 0.341 e. The van der Waals surface area contributed by atoms with Crippen LogP contribution in [0, 0.1) is 11.6 Å². The molecule has 0 fully saturated rings. The second kappa shape index (κ2) is 4.46. The number of hydrogen-bond donors (Lipinski definition) is 0. The summed E-state index contributed by atoms with van der Waals surface area (Å²) in [6, 6.07) is 9.28. The Hall–Kier alpha value is -2.23. The average Bonchev–Trinajstić information content (AvgIpc) is 2.85. The number of anilines is 2. The Balaban J connectivity index is 2.07. The summed E-state index contributed by atoms with van der Waals surface area (Å²) in [5, 5.41) is 0. The Labute approximate surface area is 109 Å². The van der Waals surface area contributed by atoms with E-state index in [2.05, 4.69) is 0 Å². The quantitative estimate of drug-likeness (QED) is 0.770. The van der Waals surface area contributed by atoms with Gasteiger partial charge in [-0.15, -0.1) is 0 Å². The molecule has 2 nitrogen and oxygen atoms in total. The fraction of sp³-hybridized carbons (Fsp3) is 0.133. The van der Waals surface area contributed by atoms with E-state index in [1.807, 2.05) is 11.0 Å². The molecule has 1 heterocycles. The van der Waals surface area contributed by atoms with Crippen molar-refractivity contribution in [1.82, 2.24) is 0 Å².